The molecule has 0 radical (unpaired) electrons. The molecule has 0 atom stereocenters. The lowest BCUT2D eigenvalue weighted by atomic mass is 10.3. The third kappa shape index (κ3) is 3.22. The van der Waals surface area contributed by atoms with E-state index in [-0.39, 0.29) is 5.69 Å². The quantitative estimate of drug-likeness (QED) is 0.604. The van der Waals surface area contributed by atoms with Crippen LogP contribution in [0.2, 0.25) is 0 Å². The Morgan fingerprint density at radius 1 is 1.13 bits per heavy atom. The van der Waals surface area contributed by atoms with Crippen LogP contribution in [0.3, 0.4) is 0 Å². The van der Waals surface area contributed by atoms with Gasteiger partial charge in [0.15, 0.2) is 0 Å². The molecule has 9 nitrogen and oxygen atoms in total. The molecule has 0 N–H and O–H groups in total. The van der Waals surface area contributed by atoms with E-state index in [9.17, 15) is 23.3 Å². The van der Waals surface area contributed by atoms with Gasteiger partial charge in [0.05, 0.1) is 11.8 Å². The fraction of sp³-hybridized carbons (Fsp3) is 0.154. The third-order valence-corrected chi connectivity index (χ3v) is 4.61. The topological polar surface area (TPSA) is 114 Å². The molecule has 0 fully saturated rings. The SMILES string of the molecule is CN(C)S(=O)(=O)N(C(=O)c1ccc([N+](=O)[O-])o1)c1ccccc1. The number of carbonyl (C=O) groups is 1. The Labute approximate surface area is 132 Å². The molecule has 1 aromatic carbocycles. The first-order valence-corrected chi connectivity index (χ1v) is 7.71. The van der Waals surface area contributed by atoms with Crippen LogP contribution < -0.4 is 4.31 Å². The molecule has 0 aliphatic rings. The normalized spacial score (nSPS) is 11.4. The van der Waals surface area contributed by atoms with Gasteiger partial charge in [0.25, 0.3) is 0 Å². The second-order valence-corrected chi connectivity index (χ2v) is 6.58. The number of nitrogens with zero attached hydrogens (tertiary/aromatic N) is 3. The largest absolute Gasteiger partial charge is 0.433 e. The summed E-state index contributed by atoms with van der Waals surface area (Å²) < 4.78 is 31.1. The Morgan fingerprint density at radius 2 is 1.74 bits per heavy atom. The molecule has 23 heavy (non-hydrogen) atoms. The number of carbonyl (C=O) groups excluding carboxylic acids is 1. The summed E-state index contributed by atoms with van der Waals surface area (Å²) in [5.74, 6) is -2.13. The Morgan fingerprint density at radius 3 is 2.22 bits per heavy atom. The second-order valence-electron chi connectivity index (χ2n) is 4.59. The van der Waals surface area contributed by atoms with Crippen LogP contribution in [0.5, 0.6) is 0 Å². The Hall–Kier alpha value is -2.72. The van der Waals surface area contributed by atoms with Gasteiger partial charge >= 0.3 is 22.0 Å². The highest BCUT2D eigenvalue weighted by atomic mass is 32.2. The summed E-state index contributed by atoms with van der Waals surface area (Å²) in [6.45, 7) is 0. The molecule has 1 aromatic heterocycles. The van der Waals surface area contributed by atoms with Crippen LogP contribution >= 0.6 is 0 Å². The number of hydrogen-bond acceptors (Lipinski definition) is 6. The smallest absolute Gasteiger partial charge is 0.395 e. The summed E-state index contributed by atoms with van der Waals surface area (Å²) in [6.07, 6.45) is 0. The predicted octanol–water partition coefficient (Wildman–Crippen LogP) is 1.64. The highest BCUT2D eigenvalue weighted by Gasteiger charge is 2.34. The first-order chi connectivity index (χ1) is 10.7. The van der Waals surface area contributed by atoms with E-state index in [1.54, 1.807) is 18.2 Å². The van der Waals surface area contributed by atoms with Crippen molar-refractivity contribution in [3.8, 4) is 0 Å². The van der Waals surface area contributed by atoms with Crippen molar-refractivity contribution in [2.24, 2.45) is 0 Å². The maximum absolute atomic E-state index is 12.5. The van der Waals surface area contributed by atoms with Crippen LogP contribution in [-0.4, -0.2) is 37.6 Å². The Balaban J connectivity index is 2.53. The molecular formula is C13H13N3O6S. The minimum absolute atomic E-state index is 0.0882. The van der Waals surface area contributed by atoms with E-state index in [4.69, 9.17) is 4.42 Å². The first kappa shape index (κ1) is 16.6. The second kappa shape index (κ2) is 6.18. The number of anilines is 1. The van der Waals surface area contributed by atoms with Crippen molar-refractivity contribution in [3.05, 3.63) is 58.3 Å². The average Bonchev–Trinajstić information content (AvgIpc) is 2.98. The van der Waals surface area contributed by atoms with Crippen LogP contribution in [0.4, 0.5) is 11.6 Å². The van der Waals surface area contributed by atoms with E-state index in [0.717, 1.165) is 16.4 Å². The van der Waals surface area contributed by atoms with Gasteiger partial charge in [-0.15, -0.1) is 0 Å². The lowest BCUT2D eigenvalue weighted by Gasteiger charge is -2.24. The van der Waals surface area contributed by atoms with Crippen molar-refractivity contribution in [1.29, 1.82) is 0 Å². The fourth-order valence-electron chi connectivity index (χ4n) is 1.72. The van der Waals surface area contributed by atoms with Crippen molar-refractivity contribution < 1.29 is 22.6 Å². The van der Waals surface area contributed by atoms with Crippen molar-refractivity contribution in [2.45, 2.75) is 0 Å². The first-order valence-electron chi connectivity index (χ1n) is 6.31. The molecule has 0 saturated carbocycles. The number of hydrogen-bond donors (Lipinski definition) is 0. The third-order valence-electron chi connectivity index (χ3n) is 2.85. The zero-order chi connectivity index (χ0) is 17.2. The van der Waals surface area contributed by atoms with Crippen LogP contribution in [0, 0.1) is 10.1 Å². The maximum atomic E-state index is 12.5. The van der Waals surface area contributed by atoms with Gasteiger partial charge in [0.2, 0.25) is 5.76 Å². The van der Waals surface area contributed by atoms with Gasteiger partial charge in [-0.05, 0) is 18.2 Å². The minimum atomic E-state index is -4.16. The maximum Gasteiger partial charge on any atom is 0.433 e. The highest BCUT2D eigenvalue weighted by molar-refractivity contribution is 7.91. The average molecular weight is 339 g/mol. The molecule has 10 heteroatoms. The molecule has 1 heterocycles. The molecule has 0 saturated heterocycles. The molecule has 0 unspecified atom stereocenters. The summed E-state index contributed by atoms with van der Waals surface area (Å²) in [7, 11) is -1.63. The van der Waals surface area contributed by atoms with Crippen LogP contribution in [-0.2, 0) is 10.2 Å². The van der Waals surface area contributed by atoms with E-state index in [2.05, 4.69) is 0 Å². The number of amides is 1. The summed E-state index contributed by atoms with van der Waals surface area (Å²) in [5.41, 5.74) is 0.0882. The molecule has 2 rings (SSSR count). The summed E-state index contributed by atoms with van der Waals surface area (Å²) >= 11 is 0. The summed E-state index contributed by atoms with van der Waals surface area (Å²) in [5, 5.41) is 10.6. The molecule has 122 valence electrons. The van der Waals surface area contributed by atoms with Crippen molar-refractivity contribution >= 4 is 27.7 Å². The van der Waals surface area contributed by atoms with Crippen molar-refractivity contribution in [3.63, 3.8) is 0 Å². The van der Waals surface area contributed by atoms with Gasteiger partial charge in [-0.1, -0.05) is 18.2 Å². The predicted molar refractivity (Wildman–Crippen MR) is 81.2 cm³/mol. The fourth-order valence-corrected chi connectivity index (χ4v) is 2.74. The lowest BCUT2D eigenvalue weighted by molar-refractivity contribution is -0.402. The van der Waals surface area contributed by atoms with Gasteiger partial charge in [-0.25, -0.2) is 0 Å². The van der Waals surface area contributed by atoms with Crippen LogP contribution in [0.1, 0.15) is 10.6 Å². The number of benzene rings is 1. The lowest BCUT2D eigenvalue weighted by Crippen LogP contribution is -2.44. The van der Waals surface area contributed by atoms with E-state index >= 15 is 0 Å². The highest BCUT2D eigenvalue weighted by Crippen LogP contribution is 2.24. The molecule has 0 spiro atoms. The summed E-state index contributed by atoms with van der Waals surface area (Å²) in [4.78, 5) is 22.4. The Bertz CT molecular complexity index is 828. The van der Waals surface area contributed by atoms with Gasteiger partial charge in [0.1, 0.15) is 4.92 Å². The number of nitro groups is 1. The molecule has 0 aliphatic carbocycles. The van der Waals surface area contributed by atoms with E-state index < -0.39 is 32.7 Å². The van der Waals surface area contributed by atoms with E-state index in [1.807, 2.05) is 0 Å². The van der Waals surface area contributed by atoms with Gasteiger partial charge in [-0.2, -0.15) is 17.0 Å². The van der Waals surface area contributed by atoms with E-state index in [0.29, 0.717) is 4.31 Å². The van der Waals surface area contributed by atoms with Gasteiger partial charge in [0, 0.05) is 14.1 Å². The van der Waals surface area contributed by atoms with Gasteiger partial charge < -0.3 is 4.42 Å². The van der Waals surface area contributed by atoms with Crippen molar-refractivity contribution in [1.82, 2.24) is 4.31 Å². The van der Waals surface area contributed by atoms with Crippen LogP contribution in [0.25, 0.3) is 0 Å². The van der Waals surface area contributed by atoms with E-state index in [1.165, 1.54) is 26.2 Å². The molecule has 0 aliphatic heterocycles. The number of furan rings is 1. The number of rotatable bonds is 5. The van der Waals surface area contributed by atoms with Crippen LogP contribution in [0.15, 0.2) is 46.9 Å². The molecule has 1 amide bonds. The number of para-hydroxylation sites is 1. The van der Waals surface area contributed by atoms with Gasteiger partial charge in [-0.3, -0.25) is 14.9 Å². The summed E-state index contributed by atoms with van der Waals surface area (Å²) in [6, 6.07) is 9.68. The minimum Gasteiger partial charge on any atom is -0.395 e. The molecule has 0 bridgehead atoms. The monoisotopic (exact) mass is 339 g/mol. The molecule has 2 aromatic rings. The zero-order valence-electron chi connectivity index (χ0n) is 12.2. The standard InChI is InChI=1S/C13H13N3O6S/c1-14(2)23(20,21)15(10-6-4-3-5-7-10)13(17)11-8-9-12(22-11)16(18)19/h3-9H,1-2H3. The molecular weight excluding hydrogens is 326 g/mol. The Kier molecular flexibility index (Phi) is 4.48. The van der Waals surface area contributed by atoms with Crippen molar-refractivity contribution in [2.75, 3.05) is 18.4 Å². The zero-order valence-corrected chi connectivity index (χ0v) is 13.1.